The first-order valence-corrected chi connectivity index (χ1v) is 8.64. The Bertz CT molecular complexity index is 515. The summed E-state index contributed by atoms with van der Waals surface area (Å²) in [6.45, 7) is 6.50. The van der Waals surface area contributed by atoms with Crippen LogP contribution in [-0.4, -0.2) is 9.46 Å². The highest BCUT2D eigenvalue weighted by molar-refractivity contribution is 7.85. The molecule has 0 heterocycles. The zero-order chi connectivity index (χ0) is 14.7. The van der Waals surface area contributed by atoms with Gasteiger partial charge in [0.1, 0.15) is 0 Å². The van der Waals surface area contributed by atoms with E-state index in [1.807, 2.05) is 12.1 Å². The van der Waals surface area contributed by atoms with Gasteiger partial charge in [0.05, 0.1) is 28.0 Å². The third-order valence-electron chi connectivity index (χ3n) is 4.27. The molecular weight excluding hydrogens is 266 g/mol. The SMILES string of the molecule is CC1CCC(C#N)C(S(=O)c2ccc(C(C)C)cc2)C1. The van der Waals surface area contributed by atoms with E-state index in [0.717, 1.165) is 24.2 Å². The monoisotopic (exact) mass is 289 g/mol. The third-order valence-corrected chi connectivity index (χ3v) is 6.08. The zero-order valence-electron chi connectivity index (χ0n) is 12.5. The number of rotatable bonds is 3. The number of hydrogen-bond acceptors (Lipinski definition) is 2. The topological polar surface area (TPSA) is 40.9 Å². The summed E-state index contributed by atoms with van der Waals surface area (Å²) in [5, 5.41) is 9.27. The van der Waals surface area contributed by atoms with Crippen molar-refractivity contribution in [3.8, 4) is 6.07 Å². The molecule has 0 bridgehead atoms. The summed E-state index contributed by atoms with van der Waals surface area (Å²) in [6.07, 6.45) is 2.87. The van der Waals surface area contributed by atoms with Gasteiger partial charge in [0, 0.05) is 4.90 Å². The summed E-state index contributed by atoms with van der Waals surface area (Å²) in [7, 11) is -1.06. The van der Waals surface area contributed by atoms with Crippen LogP contribution < -0.4 is 0 Å². The summed E-state index contributed by atoms with van der Waals surface area (Å²) in [5.41, 5.74) is 1.26. The number of nitriles is 1. The Balaban J connectivity index is 2.19. The van der Waals surface area contributed by atoms with E-state index in [0.29, 0.717) is 11.8 Å². The second-order valence-corrected chi connectivity index (χ2v) is 7.89. The standard InChI is InChI=1S/C17H23NOS/c1-12(2)14-6-8-16(9-7-14)20(19)17-10-13(3)4-5-15(17)11-18/h6-9,12-13,15,17H,4-5,10H2,1-3H3. The van der Waals surface area contributed by atoms with Crippen molar-refractivity contribution in [3.05, 3.63) is 29.8 Å². The van der Waals surface area contributed by atoms with E-state index in [1.54, 1.807) is 0 Å². The predicted octanol–water partition coefficient (Wildman–Crippen LogP) is 4.25. The van der Waals surface area contributed by atoms with Crippen molar-refractivity contribution >= 4 is 10.8 Å². The zero-order valence-corrected chi connectivity index (χ0v) is 13.3. The molecule has 4 atom stereocenters. The lowest BCUT2D eigenvalue weighted by atomic mass is 9.83. The molecule has 0 amide bonds. The minimum atomic E-state index is -1.06. The number of nitrogens with zero attached hydrogens (tertiary/aromatic N) is 1. The van der Waals surface area contributed by atoms with Gasteiger partial charge >= 0.3 is 0 Å². The summed E-state index contributed by atoms with van der Waals surface area (Å²) in [5.74, 6) is 0.999. The molecule has 0 saturated heterocycles. The fourth-order valence-corrected chi connectivity index (χ4v) is 4.63. The average Bonchev–Trinajstić information content (AvgIpc) is 2.46. The van der Waals surface area contributed by atoms with Gasteiger partial charge in [-0.2, -0.15) is 5.26 Å². The molecule has 4 unspecified atom stereocenters. The Kier molecular flexibility index (Phi) is 4.99. The van der Waals surface area contributed by atoms with Crippen LogP contribution in [0.5, 0.6) is 0 Å². The van der Waals surface area contributed by atoms with Crippen molar-refractivity contribution in [1.29, 1.82) is 5.26 Å². The van der Waals surface area contributed by atoms with Crippen molar-refractivity contribution in [2.45, 2.75) is 56.1 Å². The molecule has 2 rings (SSSR count). The maximum Gasteiger partial charge on any atom is 0.0668 e. The largest absolute Gasteiger partial charge is 0.254 e. The van der Waals surface area contributed by atoms with Gasteiger partial charge in [-0.3, -0.25) is 4.21 Å². The van der Waals surface area contributed by atoms with E-state index in [-0.39, 0.29) is 11.2 Å². The normalized spacial score (nSPS) is 28.1. The summed E-state index contributed by atoms with van der Waals surface area (Å²) in [6, 6.07) is 10.4. The van der Waals surface area contributed by atoms with Crippen molar-refractivity contribution in [3.63, 3.8) is 0 Å². The van der Waals surface area contributed by atoms with Gasteiger partial charge < -0.3 is 0 Å². The second kappa shape index (κ2) is 6.54. The van der Waals surface area contributed by atoms with Gasteiger partial charge in [0.2, 0.25) is 0 Å². The van der Waals surface area contributed by atoms with Crippen LogP contribution in [0, 0.1) is 23.2 Å². The van der Waals surface area contributed by atoms with Crippen molar-refractivity contribution < 1.29 is 4.21 Å². The summed E-state index contributed by atoms with van der Waals surface area (Å²) < 4.78 is 12.8. The van der Waals surface area contributed by atoms with Gasteiger partial charge in [0.15, 0.2) is 0 Å². The number of benzene rings is 1. The molecule has 0 radical (unpaired) electrons. The first-order chi connectivity index (χ1) is 9.52. The summed E-state index contributed by atoms with van der Waals surface area (Å²) in [4.78, 5) is 0.869. The van der Waals surface area contributed by atoms with Gasteiger partial charge in [-0.15, -0.1) is 0 Å². The minimum Gasteiger partial charge on any atom is -0.254 e. The van der Waals surface area contributed by atoms with E-state index >= 15 is 0 Å². The molecule has 3 heteroatoms. The smallest absolute Gasteiger partial charge is 0.0668 e. The van der Waals surface area contributed by atoms with E-state index < -0.39 is 10.8 Å². The van der Waals surface area contributed by atoms with Gasteiger partial charge in [-0.25, -0.2) is 0 Å². The highest BCUT2D eigenvalue weighted by Gasteiger charge is 2.33. The molecule has 2 nitrogen and oxygen atoms in total. The molecule has 0 aliphatic heterocycles. The minimum absolute atomic E-state index is 0.00588. The lowest BCUT2D eigenvalue weighted by Crippen LogP contribution is -2.31. The maximum absolute atomic E-state index is 12.8. The van der Waals surface area contributed by atoms with Crippen molar-refractivity contribution in [2.24, 2.45) is 11.8 Å². The Labute approximate surface area is 124 Å². The first-order valence-electron chi connectivity index (χ1n) is 7.43. The second-order valence-electron chi connectivity index (χ2n) is 6.21. The molecule has 20 heavy (non-hydrogen) atoms. The van der Waals surface area contributed by atoms with E-state index in [9.17, 15) is 9.47 Å². The maximum atomic E-state index is 12.8. The van der Waals surface area contributed by atoms with Crippen molar-refractivity contribution in [2.75, 3.05) is 0 Å². The van der Waals surface area contributed by atoms with Crippen LogP contribution in [0.3, 0.4) is 0 Å². The van der Waals surface area contributed by atoms with E-state index in [1.165, 1.54) is 5.56 Å². The predicted molar refractivity (Wildman–Crippen MR) is 82.8 cm³/mol. The highest BCUT2D eigenvalue weighted by Crippen LogP contribution is 2.34. The van der Waals surface area contributed by atoms with Crippen LogP contribution in [0.25, 0.3) is 0 Å². The van der Waals surface area contributed by atoms with Gasteiger partial charge in [-0.1, -0.05) is 32.9 Å². The van der Waals surface area contributed by atoms with Gasteiger partial charge in [0.25, 0.3) is 0 Å². The molecule has 0 spiro atoms. The van der Waals surface area contributed by atoms with Crippen molar-refractivity contribution in [1.82, 2.24) is 0 Å². The molecule has 1 aliphatic rings. The average molecular weight is 289 g/mol. The Morgan fingerprint density at radius 1 is 1.25 bits per heavy atom. The fraction of sp³-hybridized carbons (Fsp3) is 0.588. The molecule has 1 fully saturated rings. The molecule has 1 saturated carbocycles. The van der Waals surface area contributed by atoms with Crippen LogP contribution in [0.4, 0.5) is 0 Å². The van der Waals surface area contributed by atoms with Crippen LogP contribution in [0.2, 0.25) is 0 Å². The summed E-state index contributed by atoms with van der Waals surface area (Å²) >= 11 is 0. The molecular formula is C17H23NOS. The van der Waals surface area contributed by atoms with Crippen LogP contribution in [-0.2, 0) is 10.8 Å². The molecule has 1 aromatic carbocycles. The Hall–Kier alpha value is -1.14. The molecule has 0 aromatic heterocycles. The Morgan fingerprint density at radius 3 is 2.45 bits per heavy atom. The van der Waals surface area contributed by atoms with Crippen LogP contribution in [0.15, 0.2) is 29.2 Å². The third kappa shape index (κ3) is 3.30. The lowest BCUT2D eigenvalue weighted by molar-refractivity contribution is 0.341. The number of hydrogen-bond donors (Lipinski definition) is 0. The Morgan fingerprint density at radius 2 is 1.90 bits per heavy atom. The molecule has 1 aromatic rings. The van der Waals surface area contributed by atoms with Crippen LogP contribution in [0.1, 0.15) is 51.5 Å². The molecule has 0 N–H and O–H groups in total. The molecule has 108 valence electrons. The fourth-order valence-electron chi connectivity index (χ4n) is 2.87. The van der Waals surface area contributed by atoms with Crippen LogP contribution >= 0.6 is 0 Å². The lowest BCUT2D eigenvalue weighted by Gasteiger charge is -2.30. The first kappa shape index (κ1) is 15.3. The molecule has 1 aliphatic carbocycles. The van der Waals surface area contributed by atoms with Gasteiger partial charge in [-0.05, 0) is 48.8 Å². The van der Waals surface area contributed by atoms with E-state index in [2.05, 4.69) is 39.0 Å². The van der Waals surface area contributed by atoms with E-state index in [4.69, 9.17) is 0 Å². The highest BCUT2D eigenvalue weighted by atomic mass is 32.2. The quantitative estimate of drug-likeness (QED) is 0.834.